The first kappa shape index (κ1) is 13.2. The molecule has 0 aromatic heterocycles. The smallest absolute Gasteiger partial charge is 0.0540 e. The third-order valence-corrected chi connectivity index (χ3v) is 2.22. The van der Waals surface area contributed by atoms with Gasteiger partial charge >= 0.3 is 0 Å². The Morgan fingerprint density at radius 3 is 2.00 bits per heavy atom. The van der Waals surface area contributed by atoms with Crippen LogP contribution in [0.25, 0.3) is 0 Å². The highest BCUT2D eigenvalue weighted by Crippen LogP contribution is 2.11. The summed E-state index contributed by atoms with van der Waals surface area (Å²) in [5.41, 5.74) is 1.30. The predicted octanol–water partition coefficient (Wildman–Crippen LogP) is 3.27. The molecule has 0 radical (unpaired) electrons. The zero-order valence-corrected chi connectivity index (χ0v) is 9.70. The van der Waals surface area contributed by atoms with Crippen molar-refractivity contribution >= 4 is 0 Å². The Hall–Kier alpha value is -0.820. The third kappa shape index (κ3) is 5.03. The summed E-state index contributed by atoms with van der Waals surface area (Å²) in [5, 5.41) is 9.28. The van der Waals surface area contributed by atoms with E-state index in [1.807, 2.05) is 39.0 Å². The molecule has 2 unspecified atom stereocenters. The second-order valence-electron chi connectivity index (χ2n) is 3.41. The molecular formula is C13H22O. The molecule has 14 heavy (non-hydrogen) atoms. The van der Waals surface area contributed by atoms with E-state index in [1.54, 1.807) is 0 Å². The van der Waals surface area contributed by atoms with E-state index >= 15 is 0 Å². The van der Waals surface area contributed by atoms with Crippen LogP contribution in [-0.2, 0) is 6.42 Å². The zero-order valence-electron chi connectivity index (χ0n) is 9.70. The summed E-state index contributed by atoms with van der Waals surface area (Å²) in [7, 11) is 0. The summed E-state index contributed by atoms with van der Waals surface area (Å²) < 4.78 is 0. The van der Waals surface area contributed by atoms with Gasteiger partial charge in [-0.1, -0.05) is 51.1 Å². The van der Waals surface area contributed by atoms with Crippen molar-refractivity contribution in [3.8, 4) is 0 Å². The Bertz CT molecular complexity index is 216. The molecule has 2 atom stereocenters. The van der Waals surface area contributed by atoms with E-state index in [0.717, 1.165) is 6.42 Å². The lowest BCUT2D eigenvalue weighted by molar-refractivity contribution is 0.135. The van der Waals surface area contributed by atoms with Gasteiger partial charge in [0, 0.05) is 0 Å². The van der Waals surface area contributed by atoms with Gasteiger partial charge in [-0.2, -0.15) is 0 Å². The van der Waals surface area contributed by atoms with Crippen LogP contribution >= 0.6 is 0 Å². The van der Waals surface area contributed by atoms with Crippen LogP contribution in [0.2, 0.25) is 0 Å². The SMILES string of the molecule is CC.CC(O)C(C)Cc1ccccc1. The fourth-order valence-corrected chi connectivity index (χ4v) is 1.16. The quantitative estimate of drug-likeness (QED) is 0.783. The van der Waals surface area contributed by atoms with Crippen molar-refractivity contribution in [2.45, 2.75) is 40.2 Å². The lowest BCUT2D eigenvalue weighted by Gasteiger charge is -2.13. The molecule has 1 nitrogen and oxygen atoms in total. The predicted molar refractivity (Wildman–Crippen MR) is 62.3 cm³/mol. The average Bonchev–Trinajstić information content (AvgIpc) is 2.22. The van der Waals surface area contributed by atoms with Crippen molar-refractivity contribution < 1.29 is 5.11 Å². The van der Waals surface area contributed by atoms with Crippen molar-refractivity contribution in [3.05, 3.63) is 35.9 Å². The van der Waals surface area contributed by atoms with Gasteiger partial charge < -0.3 is 5.11 Å². The minimum Gasteiger partial charge on any atom is -0.393 e. The molecule has 0 aliphatic rings. The fourth-order valence-electron chi connectivity index (χ4n) is 1.16. The van der Waals surface area contributed by atoms with Crippen LogP contribution in [0.5, 0.6) is 0 Å². The van der Waals surface area contributed by atoms with E-state index in [1.165, 1.54) is 5.56 Å². The standard InChI is InChI=1S/C11H16O.C2H6/c1-9(10(2)12)8-11-6-4-3-5-7-11;1-2/h3-7,9-10,12H,8H2,1-2H3;1-2H3. The lowest BCUT2D eigenvalue weighted by atomic mass is 9.97. The Kier molecular flexibility index (Phi) is 7.13. The van der Waals surface area contributed by atoms with E-state index in [9.17, 15) is 5.11 Å². The van der Waals surface area contributed by atoms with Gasteiger partial charge in [0.2, 0.25) is 0 Å². The molecular weight excluding hydrogens is 172 g/mol. The summed E-state index contributed by atoms with van der Waals surface area (Å²) in [5.74, 6) is 0.340. The molecule has 0 amide bonds. The second-order valence-corrected chi connectivity index (χ2v) is 3.41. The van der Waals surface area contributed by atoms with Crippen molar-refractivity contribution in [2.24, 2.45) is 5.92 Å². The Balaban J connectivity index is 0.000000791. The first-order valence-corrected chi connectivity index (χ1v) is 5.42. The Labute approximate surface area is 87.8 Å². The minimum absolute atomic E-state index is 0.217. The molecule has 0 saturated heterocycles. The molecule has 0 aliphatic carbocycles. The van der Waals surface area contributed by atoms with Gasteiger partial charge in [-0.05, 0) is 24.8 Å². The topological polar surface area (TPSA) is 20.2 Å². The molecule has 0 aliphatic heterocycles. The van der Waals surface area contributed by atoms with Gasteiger partial charge in [-0.25, -0.2) is 0 Å². The summed E-state index contributed by atoms with van der Waals surface area (Å²) in [4.78, 5) is 0. The van der Waals surface area contributed by atoms with Gasteiger partial charge in [0.05, 0.1) is 6.10 Å². The largest absolute Gasteiger partial charge is 0.393 e. The molecule has 80 valence electrons. The van der Waals surface area contributed by atoms with Crippen LogP contribution in [0.3, 0.4) is 0 Å². The number of aliphatic hydroxyl groups excluding tert-OH is 1. The van der Waals surface area contributed by atoms with Gasteiger partial charge in [0.15, 0.2) is 0 Å². The first-order valence-electron chi connectivity index (χ1n) is 5.42. The van der Waals surface area contributed by atoms with Gasteiger partial charge in [0.25, 0.3) is 0 Å². The van der Waals surface area contributed by atoms with Gasteiger partial charge in [0.1, 0.15) is 0 Å². The zero-order chi connectivity index (χ0) is 11.0. The molecule has 1 rings (SSSR count). The number of rotatable bonds is 3. The number of hydrogen-bond donors (Lipinski definition) is 1. The van der Waals surface area contributed by atoms with Crippen LogP contribution in [0.4, 0.5) is 0 Å². The summed E-state index contributed by atoms with van der Waals surface area (Å²) in [6.45, 7) is 7.91. The first-order chi connectivity index (χ1) is 6.70. The third-order valence-electron chi connectivity index (χ3n) is 2.22. The van der Waals surface area contributed by atoms with Gasteiger partial charge in [-0.15, -0.1) is 0 Å². The number of benzene rings is 1. The monoisotopic (exact) mass is 194 g/mol. The highest BCUT2D eigenvalue weighted by atomic mass is 16.3. The molecule has 0 fully saturated rings. The van der Waals surface area contributed by atoms with Crippen molar-refractivity contribution in [3.63, 3.8) is 0 Å². The minimum atomic E-state index is -0.217. The number of aliphatic hydroxyl groups is 1. The molecule has 0 spiro atoms. The van der Waals surface area contributed by atoms with E-state index in [0.29, 0.717) is 5.92 Å². The van der Waals surface area contributed by atoms with Crippen LogP contribution in [0.15, 0.2) is 30.3 Å². The molecule has 0 heterocycles. The van der Waals surface area contributed by atoms with Crippen LogP contribution < -0.4 is 0 Å². The lowest BCUT2D eigenvalue weighted by Crippen LogP contribution is -2.15. The highest BCUT2D eigenvalue weighted by Gasteiger charge is 2.08. The second kappa shape index (κ2) is 7.57. The molecule has 0 bridgehead atoms. The Morgan fingerprint density at radius 1 is 1.07 bits per heavy atom. The van der Waals surface area contributed by atoms with Crippen molar-refractivity contribution in [1.82, 2.24) is 0 Å². The summed E-state index contributed by atoms with van der Waals surface area (Å²) >= 11 is 0. The van der Waals surface area contributed by atoms with E-state index in [-0.39, 0.29) is 6.10 Å². The van der Waals surface area contributed by atoms with E-state index in [4.69, 9.17) is 0 Å². The summed E-state index contributed by atoms with van der Waals surface area (Å²) in [6, 6.07) is 10.3. The van der Waals surface area contributed by atoms with E-state index in [2.05, 4.69) is 19.1 Å². The highest BCUT2D eigenvalue weighted by molar-refractivity contribution is 5.15. The van der Waals surface area contributed by atoms with Crippen molar-refractivity contribution in [2.75, 3.05) is 0 Å². The van der Waals surface area contributed by atoms with Crippen molar-refractivity contribution in [1.29, 1.82) is 0 Å². The molecule has 0 saturated carbocycles. The van der Waals surface area contributed by atoms with E-state index < -0.39 is 0 Å². The maximum atomic E-state index is 9.28. The van der Waals surface area contributed by atoms with Crippen LogP contribution in [0, 0.1) is 5.92 Å². The normalized spacial score (nSPS) is 13.8. The molecule has 1 N–H and O–H groups in total. The van der Waals surface area contributed by atoms with Crippen LogP contribution in [0.1, 0.15) is 33.3 Å². The van der Waals surface area contributed by atoms with Crippen LogP contribution in [-0.4, -0.2) is 11.2 Å². The average molecular weight is 194 g/mol. The Morgan fingerprint density at radius 2 is 1.57 bits per heavy atom. The maximum Gasteiger partial charge on any atom is 0.0540 e. The molecule has 1 aromatic rings. The fraction of sp³-hybridized carbons (Fsp3) is 0.538. The molecule has 1 heteroatoms. The maximum absolute atomic E-state index is 9.28. The number of hydrogen-bond acceptors (Lipinski definition) is 1. The van der Waals surface area contributed by atoms with Gasteiger partial charge in [-0.3, -0.25) is 0 Å². The summed E-state index contributed by atoms with van der Waals surface area (Å²) in [6.07, 6.45) is 0.739. The molecule has 1 aromatic carbocycles.